The molecule has 2 amide bonds. The molecule has 0 unspecified atom stereocenters. The van der Waals surface area contributed by atoms with Crippen LogP contribution >= 0.6 is 0 Å². The monoisotopic (exact) mass is 408 g/mol. The van der Waals surface area contributed by atoms with Crippen LogP contribution in [0, 0.1) is 0 Å². The molecule has 1 aromatic carbocycles. The molecule has 6 nitrogen and oxygen atoms in total. The Morgan fingerprint density at radius 1 is 1.03 bits per heavy atom. The van der Waals surface area contributed by atoms with Gasteiger partial charge in [0.05, 0.1) is 6.04 Å². The molecule has 0 saturated heterocycles. The zero-order chi connectivity index (χ0) is 20.9. The van der Waals surface area contributed by atoms with E-state index < -0.39 is 11.8 Å². The molecule has 2 aliphatic rings. The number of nitrogens with zero attached hydrogens (tertiary/aromatic N) is 2. The Balaban J connectivity index is 1.42. The van der Waals surface area contributed by atoms with Gasteiger partial charge in [0.25, 0.3) is 0 Å². The third kappa shape index (κ3) is 4.75. The summed E-state index contributed by atoms with van der Waals surface area (Å²) in [5, 5.41) is 5.81. The predicted octanol–water partition coefficient (Wildman–Crippen LogP) is 2.69. The van der Waals surface area contributed by atoms with E-state index in [1.165, 1.54) is 17.5 Å². The maximum Gasteiger partial charge on any atom is 0.309 e. The van der Waals surface area contributed by atoms with Gasteiger partial charge in [0, 0.05) is 44.6 Å². The van der Waals surface area contributed by atoms with Crippen LogP contribution in [0.3, 0.4) is 0 Å². The summed E-state index contributed by atoms with van der Waals surface area (Å²) in [6, 6.07) is 12.8. The second kappa shape index (κ2) is 9.47. The molecule has 30 heavy (non-hydrogen) atoms. The molecule has 2 N–H and O–H groups in total. The zero-order valence-electron chi connectivity index (χ0n) is 17.8. The van der Waals surface area contributed by atoms with Crippen LogP contribution < -0.4 is 10.6 Å². The molecule has 0 radical (unpaired) electrons. The van der Waals surface area contributed by atoms with Crippen LogP contribution in [-0.2, 0) is 29.6 Å². The third-order valence-corrected chi connectivity index (χ3v) is 6.53. The molecule has 1 atom stereocenters. The van der Waals surface area contributed by atoms with E-state index >= 15 is 0 Å². The molecule has 1 aromatic heterocycles. The lowest BCUT2D eigenvalue weighted by Gasteiger charge is -2.36. The molecule has 1 aliphatic heterocycles. The third-order valence-electron chi connectivity index (χ3n) is 6.53. The summed E-state index contributed by atoms with van der Waals surface area (Å²) in [6.07, 6.45) is 8.43. The molecule has 1 saturated carbocycles. The first-order valence-electron chi connectivity index (χ1n) is 11.1. The average molecular weight is 409 g/mol. The van der Waals surface area contributed by atoms with E-state index in [1.54, 1.807) is 0 Å². The molecule has 6 heteroatoms. The van der Waals surface area contributed by atoms with Gasteiger partial charge in [-0.3, -0.25) is 14.5 Å². The number of amides is 2. The number of benzene rings is 1. The second-order valence-electron chi connectivity index (χ2n) is 8.57. The van der Waals surface area contributed by atoms with E-state index in [0.717, 1.165) is 50.9 Å². The highest BCUT2D eigenvalue weighted by Gasteiger charge is 2.28. The number of hydrogen-bond donors (Lipinski definition) is 2. The van der Waals surface area contributed by atoms with Gasteiger partial charge in [-0.25, -0.2) is 0 Å². The highest BCUT2D eigenvalue weighted by molar-refractivity contribution is 6.35. The van der Waals surface area contributed by atoms with Gasteiger partial charge in [0.1, 0.15) is 0 Å². The van der Waals surface area contributed by atoms with E-state index in [4.69, 9.17) is 0 Å². The normalized spacial score (nSPS) is 18.4. The molecule has 2 aromatic rings. The Bertz CT molecular complexity index is 885. The summed E-state index contributed by atoms with van der Waals surface area (Å²) in [5.74, 6) is -1.03. The highest BCUT2D eigenvalue weighted by atomic mass is 16.2. The van der Waals surface area contributed by atoms with E-state index in [1.807, 2.05) is 19.3 Å². The summed E-state index contributed by atoms with van der Waals surface area (Å²) in [5.41, 5.74) is 3.88. The Labute approximate surface area is 178 Å². The Kier molecular flexibility index (Phi) is 6.53. The summed E-state index contributed by atoms with van der Waals surface area (Å²) in [7, 11) is 2.03. The van der Waals surface area contributed by atoms with Gasteiger partial charge in [0.2, 0.25) is 0 Å². The highest BCUT2D eigenvalue weighted by Crippen LogP contribution is 2.27. The summed E-state index contributed by atoms with van der Waals surface area (Å²) < 4.78 is 2.10. The second-order valence-corrected chi connectivity index (χ2v) is 8.57. The van der Waals surface area contributed by atoms with Gasteiger partial charge < -0.3 is 15.2 Å². The standard InChI is InChI=1S/C24H32N4O2/c1-27-14-7-12-21(27)22(28-15-13-18-8-5-6-9-19(18)17-28)16-25-23(29)24(30)26-20-10-3-2-4-11-20/h5-9,12,14,20,22H,2-4,10-11,13,15-17H2,1H3,(H,25,29)(H,26,30)/t22-/m0/s1. The molecular weight excluding hydrogens is 376 g/mol. The Morgan fingerprint density at radius 3 is 2.53 bits per heavy atom. The van der Waals surface area contributed by atoms with Gasteiger partial charge in [-0.15, -0.1) is 0 Å². The molecular formula is C24H32N4O2. The van der Waals surface area contributed by atoms with Crippen molar-refractivity contribution in [1.82, 2.24) is 20.1 Å². The first-order valence-corrected chi connectivity index (χ1v) is 11.1. The quantitative estimate of drug-likeness (QED) is 0.748. The Hall–Kier alpha value is -2.60. The van der Waals surface area contributed by atoms with E-state index in [0.29, 0.717) is 6.54 Å². The fourth-order valence-corrected chi connectivity index (χ4v) is 4.79. The molecule has 1 fully saturated rings. The maximum absolute atomic E-state index is 12.5. The number of aromatic nitrogens is 1. The first kappa shape index (κ1) is 20.7. The van der Waals surface area contributed by atoms with Gasteiger partial charge in [-0.1, -0.05) is 43.5 Å². The number of carbonyl (C=O) groups excluding carboxylic acids is 2. The minimum atomic E-state index is -0.530. The van der Waals surface area contributed by atoms with Crippen LogP contribution in [0.1, 0.15) is 55.0 Å². The van der Waals surface area contributed by atoms with Crippen LogP contribution in [0.2, 0.25) is 0 Å². The number of nitrogens with one attached hydrogen (secondary N) is 2. The van der Waals surface area contributed by atoms with E-state index in [9.17, 15) is 9.59 Å². The minimum Gasteiger partial charge on any atom is -0.353 e. The van der Waals surface area contributed by atoms with Gasteiger partial charge in [0.15, 0.2) is 0 Å². The minimum absolute atomic E-state index is 0.0183. The van der Waals surface area contributed by atoms with Crippen LogP contribution in [0.15, 0.2) is 42.6 Å². The number of rotatable bonds is 5. The van der Waals surface area contributed by atoms with Crippen molar-refractivity contribution in [3.63, 3.8) is 0 Å². The summed E-state index contributed by atoms with van der Waals surface area (Å²) in [4.78, 5) is 27.3. The molecule has 1 aliphatic carbocycles. The van der Waals surface area contributed by atoms with Crippen molar-refractivity contribution in [2.45, 2.75) is 57.2 Å². The van der Waals surface area contributed by atoms with E-state index in [-0.39, 0.29) is 12.1 Å². The lowest BCUT2D eigenvalue weighted by Crippen LogP contribution is -2.48. The molecule has 4 rings (SSSR count). The molecule has 160 valence electrons. The van der Waals surface area contributed by atoms with Gasteiger partial charge in [-0.2, -0.15) is 0 Å². The van der Waals surface area contributed by atoms with Crippen molar-refractivity contribution >= 4 is 11.8 Å². The number of fused-ring (bicyclic) bond motifs is 1. The number of aryl methyl sites for hydroxylation is 1. The van der Waals surface area contributed by atoms with Crippen molar-refractivity contribution in [3.05, 3.63) is 59.4 Å². The fraction of sp³-hybridized carbons (Fsp3) is 0.500. The van der Waals surface area contributed by atoms with Crippen LogP contribution in [0.5, 0.6) is 0 Å². The maximum atomic E-state index is 12.5. The largest absolute Gasteiger partial charge is 0.353 e. The zero-order valence-corrected chi connectivity index (χ0v) is 17.8. The lowest BCUT2D eigenvalue weighted by molar-refractivity contribution is -0.139. The van der Waals surface area contributed by atoms with Crippen molar-refractivity contribution in [3.8, 4) is 0 Å². The molecule has 0 spiro atoms. The average Bonchev–Trinajstić information content (AvgIpc) is 3.20. The van der Waals surface area contributed by atoms with Gasteiger partial charge in [-0.05, 0) is 42.5 Å². The van der Waals surface area contributed by atoms with Crippen molar-refractivity contribution < 1.29 is 9.59 Å². The van der Waals surface area contributed by atoms with Crippen molar-refractivity contribution in [2.75, 3.05) is 13.1 Å². The van der Waals surface area contributed by atoms with Crippen molar-refractivity contribution in [2.24, 2.45) is 7.05 Å². The Morgan fingerprint density at radius 2 is 1.80 bits per heavy atom. The predicted molar refractivity (Wildman–Crippen MR) is 117 cm³/mol. The number of carbonyl (C=O) groups is 2. The smallest absolute Gasteiger partial charge is 0.309 e. The lowest BCUT2D eigenvalue weighted by atomic mass is 9.95. The van der Waals surface area contributed by atoms with Gasteiger partial charge >= 0.3 is 11.8 Å². The SMILES string of the molecule is Cn1cccc1[C@H](CNC(=O)C(=O)NC1CCCCC1)N1CCc2ccccc2C1. The van der Waals surface area contributed by atoms with Crippen molar-refractivity contribution in [1.29, 1.82) is 0 Å². The summed E-state index contributed by atoms with van der Waals surface area (Å²) in [6.45, 7) is 2.18. The van der Waals surface area contributed by atoms with Crippen LogP contribution in [0.25, 0.3) is 0 Å². The van der Waals surface area contributed by atoms with Crippen LogP contribution in [0.4, 0.5) is 0 Å². The summed E-state index contributed by atoms with van der Waals surface area (Å²) >= 11 is 0. The first-order chi connectivity index (χ1) is 14.6. The number of hydrogen-bond acceptors (Lipinski definition) is 3. The molecule has 2 heterocycles. The fourth-order valence-electron chi connectivity index (χ4n) is 4.79. The topological polar surface area (TPSA) is 66.4 Å². The van der Waals surface area contributed by atoms with Crippen LogP contribution in [-0.4, -0.2) is 40.4 Å². The molecule has 0 bridgehead atoms. The van der Waals surface area contributed by atoms with E-state index in [2.05, 4.69) is 50.4 Å².